The summed E-state index contributed by atoms with van der Waals surface area (Å²) in [6, 6.07) is 26.2. The summed E-state index contributed by atoms with van der Waals surface area (Å²) >= 11 is 6.04. The predicted molar refractivity (Wildman–Crippen MR) is 114 cm³/mol. The van der Waals surface area contributed by atoms with Gasteiger partial charge in [-0.3, -0.25) is 10.1 Å². The molecular weight excluding hydrogens is 389 g/mol. The molecule has 0 N–H and O–H groups in total. The van der Waals surface area contributed by atoms with Crippen LogP contribution in [-0.2, 0) is 0 Å². The molecule has 0 aromatic heterocycles. The van der Waals surface area contributed by atoms with E-state index in [-0.39, 0.29) is 11.5 Å². The van der Waals surface area contributed by atoms with E-state index in [0.29, 0.717) is 5.02 Å². The molecule has 0 heterocycles. The highest BCUT2D eigenvalue weighted by Crippen LogP contribution is 2.40. The summed E-state index contributed by atoms with van der Waals surface area (Å²) in [6.07, 6.45) is 0. The van der Waals surface area contributed by atoms with Gasteiger partial charge in [0.15, 0.2) is 0 Å². The molecule has 4 aromatic carbocycles. The van der Waals surface area contributed by atoms with Gasteiger partial charge in [0.2, 0.25) is 0 Å². The van der Waals surface area contributed by atoms with Crippen LogP contribution in [-0.4, -0.2) is 4.92 Å². The van der Waals surface area contributed by atoms with Crippen molar-refractivity contribution in [3.05, 3.63) is 112 Å². The third-order valence-corrected chi connectivity index (χ3v) is 4.99. The Hall–Kier alpha value is -3.50. The zero-order valence-electron chi connectivity index (χ0n) is 15.2. The number of halogens is 2. The van der Waals surface area contributed by atoms with Crippen molar-refractivity contribution in [3.63, 3.8) is 0 Å². The molecule has 0 atom stereocenters. The SMILES string of the molecule is O=[N+]([O-])c1ccc(-c2cccc(-c3ccc(Cl)cc3)c2-c2ccc(F)cc2)cc1. The number of rotatable bonds is 4. The van der Waals surface area contributed by atoms with Crippen LogP contribution < -0.4 is 0 Å². The third kappa shape index (κ3) is 3.89. The van der Waals surface area contributed by atoms with E-state index in [1.165, 1.54) is 24.3 Å². The highest BCUT2D eigenvalue weighted by atomic mass is 35.5. The van der Waals surface area contributed by atoms with Gasteiger partial charge in [0.1, 0.15) is 5.82 Å². The van der Waals surface area contributed by atoms with Crippen LogP contribution in [0, 0.1) is 15.9 Å². The molecule has 0 saturated heterocycles. The molecular formula is C24H15ClFNO2. The van der Waals surface area contributed by atoms with Crippen molar-refractivity contribution in [2.75, 3.05) is 0 Å². The van der Waals surface area contributed by atoms with Gasteiger partial charge in [-0.15, -0.1) is 0 Å². The molecule has 0 aliphatic carbocycles. The highest BCUT2D eigenvalue weighted by Gasteiger charge is 2.15. The Balaban J connectivity index is 1.95. The van der Waals surface area contributed by atoms with E-state index < -0.39 is 4.92 Å². The lowest BCUT2D eigenvalue weighted by Gasteiger charge is -2.16. The Morgan fingerprint density at radius 3 is 1.69 bits per heavy atom. The second-order valence-corrected chi connectivity index (χ2v) is 6.98. The molecule has 0 unspecified atom stereocenters. The van der Waals surface area contributed by atoms with Crippen LogP contribution in [0.1, 0.15) is 0 Å². The number of hydrogen-bond acceptors (Lipinski definition) is 2. The summed E-state index contributed by atoms with van der Waals surface area (Å²) in [6.45, 7) is 0. The van der Waals surface area contributed by atoms with Crippen molar-refractivity contribution in [3.8, 4) is 33.4 Å². The molecule has 0 radical (unpaired) electrons. The van der Waals surface area contributed by atoms with Gasteiger partial charge < -0.3 is 0 Å². The number of non-ortho nitro benzene ring substituents is 1. The van der Waals surface area contributed by atoms with E-state index in [1.54, 1.807) is 24.3 Å². The maximum atomic E-state index is 13.5. The number of benzene rings is 4. The number of nitrogens with zero attached hydrogens (tertiary/aromatic N) is 1. The first-order valence-electron chi connectivity index (χ1n) is 8.92. The Labute approximate surface area is 172 Å². The van der Waals surface area contributed by atoms with E-state index in [0.717, 1.165) is 33.4 Å². The fourth-order valence-electron chi connectivity index (χ4n) is 3.35. The highest BCUT2D eigenvalue weighted by molar-refractivity contribution is 6.30. The first kappa shape index (κ1) is 18.8. The van der Waals surface area contributed by atoms with E-state index in [1.807, 2.05) is 42.5 Å². The quantitative estimate of drug-likeness (QED) is 0.263. The molecule has 5 heteroatoms. The fraction of sp³-hybridized carbons (Fsp3) is 0. The molecule has 3 nitrogen and oxygen atoms in total. The van der Waals surface area contributed by atoms with Gasteiger partial charge >= 0.3 is 0 Å². The van der Waals surface area contributed by atoms with Crippen LogP contribution >= 0.6 is 11.6 Å². The average Bonchev–Trinajstić information content (AvgIpc) is 2.74. The van der Waals surface area contributed by atoms with Gasteiger partial charge in [-0.05, 0) is 69.8 Å². The van der Waals surface area contributed by atoms with Crippen LogP contribution in [0.2, 0.25) is 5.02 Å². The Morgan fingerprint density at radius 2 is 1.17 bits per heavy atom. The molecule has 0 aliphatic rings. The molecule has 0 spiro atoms. The lowest BCUT2D eigenvalue weighted by atomic mass is 9.87. The summed E-state index contributed by atoms with van der Waals surface area (Å²) in [5, 5.41) is 11.6. The largest absolute Gasteiger partial charge is 0.269 e. The molecule has 0 fully saturated rings. The van der Waals surface area contributed by atoms with E-state index >= 15 is 0 Å². The Morgan fingerprint density at radius 1 is 0.690 bits per heavy atom. The Bertz CT molecular complexity index is 1170. The molecule has 0 amide bonds. The van der Waals surface area contributed by atoms with E-state index in [9.17, 15) is 14.5 Å². The van der Waals surface area contributed by atoms with Crippen molar-refractivity contribution in [1.29, 1.82) is 0 Å². The van der Waals surface area contributed by atoms with Gasteiger partial charge in [0, 0.05) is 17.2 Å². The monoisotopic (exact) mass is 403 g/mol. The second kappa shape index (κ2) is 7.86. The van der Waals surface area contributed by atoms with Crippen molar-refractivity contribution < 1.29 is 9.31 Å². The van der Waals surface area contributed by atoms with Crippen LogP contribution in [0.25, 0.3) is 33.4 Å². The van der Waals surface area contributed by atoms with Gasteiger partial charge in [0.05, 0.1) is 4.92 Å². The number of hydrogen-bond donors (Lipinski definition) is 0. The normalized spacial score (nSPS) is 10.7. The molecule has 0 aliphatic heterocycles. The van der Waals surface area contributed by atoms with Gasteiger partial charge in [0.25, 0.3) is 5.69 Å². The summed E-state index contributed by atoms with van der Waals surface area (Å²) in [7, 11) is 0. The maximum absolute atomic E-state index is 13.5. The standard InChI is InChI=1S/C24H15ClFNO2/c25-19-10-4-16(5-11-19)22-2-1-3-23(17-8-14-21(15-9-17)27(28)29)24(22)18-6-12-20(26)13-7-18/h1-15H. The molecule has 0 bridgehead atoms. The second-order valence-electron chi connectivity index (χ2n) is 6.55. The maximum Gasteiger partial charge on any atom is 0.269 e. The molecule has 142 valence electrons. The zero-order valence-corrected chi connectivity index (χ0v) is 15.9. The summed E-state index contributed by atoms with van der Waals surface area (Å²) in [4.78, 5) is 10.6. The minimum atomic E-state index is -0.422. The number of nitro groups is 1. The summed E-state index contributed by atoms with van der Waals surface area (Å²) < 4.78 is 13.5. The van der Waals surface area contributed by atoms with Gasteiger partial charge in [-0.25, -0.2) is 4.39 Å². The first-order chi connectivity index (χ1) is 14.0. The molecule has 4 rings (SSSR count). The van der Waals surface area contributed by atoms with Crippen LogP contribution in [0.5, 0.6) is 0 Å². The first-order valence-corrected chi connectivity index (χ1v) is 9.30. The number of nitro benzene ring substituents is 1. The molecule has 29 heavy (non-hydrogen) atoms. The van der Waals surface area contributed by atoms with Crippen molar-refractivity contribution in [2.24, 2.45) is 0 Å². The van der Waals surface area contributed by atoms with Gasteiger partial charge in [-0.2, -0.15) is 0 Å². The fourth-order valence-corrected chi connectivity index (χ4v) is 3.48. The topological polar surface area (TPSA) is 43.1 Å². The average molecular weight is 404 g/mol. The predicted octanol–water partition coefficient (Wildman–Crippen LogP) is 7.39. The van der Waals surface area contributed by atoms with Gasteiger partial charge in [-0.1, -0.05) is 54.1 Å². The summed E-state index contributed by atoms with van der Waals surface area (Å²) in [5.74, 6) is -0.311. The minimum absolute atomic E-state index is 0.0333. The lowest BCUT2D eigenvalue weighted by Crippen LogP contribution is -1.92. The van der Waals surface area contributed by atoms with Crippen LogP contribution in [0.3, 0.4) is 0 Å². The van der Waals surface area contributed by atoms with Crippen molar-refractivity contribution in [1.82, 2.24) is 0 Å². The third-order valence-electron chi connectivity index (χ3n) is 4.74. The van der Waals surface area contributed by atoms with Crippen LogP contribution in [0.4, 0.5) is 10.1 Å². The minimum Gasteiger partial charge on any atom is -0.258 e. The van der Waals surface area contributed by atoms with Crippen molar-refractivity contribution >= 4 is 17.3 Å². The van der Waals surface area contributed by atoms with Crippen molar-refractivity contribution in [2.45, 2.75) is 0 Å². The Kier molecular flexibility index (Phi) is 5.10. The zero-order chi connectivity index (χ0) is 20.4. The van der Waals surface area contributed by atoms with Crippen LogP contribution in [0.15, 0.2) is 91.0 Å². The smallest absolute Gasteiger partial charge is 0.258 e. The van der Waals surface area contributed by atoms with E-state index in [2.05, 4.69) is 0 Å². The molecule has 0 saturated carbocycles. The summed E-state index contributed by atoms with van der Waals surface area (Å²) in [5.41, 5.74) is 5.48. The lowest BCUT2D eigenvalue weighted by molar-refractivity contribution is -0.384. The molecule has 4 aromatic rings. The van der Waals surface area contributed by atoms with E-state index in [4.69, 9.17) is 11.6 Å².